The molecule has 0 aliphatic carbocycles. The van der Waals surface area contributed by atoms with Crippen molar-refractivity contribution in [2.75, 3.05) is 6.61 Å². The van der Waals surface area contributed by atoms with E-state index in [0.29, 0.717) is 31.9 Å². The first-order valence-corrected chi connectivity index (χ1v) is 13.1. The van der Waals surface area contributed by atoms with Crippen LogP contribution >= 0.6 is 11.3 Å². The van der Waals surface area contributed by atoms with Crippen LogP contribution in [0.1, 0.15) is 44.9 Å². The number of carbonyl (C=O) groups is 1. The van der Waals surface area contributed by atoms with E-state index in [1.54, 1.807) is 18.4 Å². The standard InChI is InChI=1S/C29H29N3O4S/c1-6-35-28(34)25-18(4)30-29-32(26(25)21-12-8-10-14-23(21)36-17(2)3)27(33)24(37-29)15-19-16-31(5)22-13-9-7-11-20(19)22/h7-17,26H,6H2,1-5H3/b24-15-/t26-/m0/s1. The van der Waals surface area contributed by atoms with E-state index in [0.717, 1.165) is 16.5 Å². The minimum Gasteiger partial charge on any atom is -0.491 e. The van der Waals surface area contributed by atoms with E-state index in [1.807, 2.05) is 80.2 Å². The van der Waals surface area contributed by atoms with Crippen LogP contribution in [0.4, 0.5) is 0 Å². The van der Waals surface area contributed by atoms with E-state index in [4.69, 9.17) is 9.47 Å². The zero-order valence-electron chi connectivity index (χ0n) is 21.5. The number of ether oxygens (including phenoxy) is 2. The second-order valence-corrected chi connectivity index (χ2v) is 10.2. The molecule has 1 atom stereocenters. The molecule has 1 aliphatic rings. The van der Waals surface area contributed by atoms with E-state index in [2.05, 4.69) is 11.1 Å². The molecule has 0 amide bonds. The first-order chi connectivity index (χ1) is 17.8. The number of hydrogen-bond donors (Lipinski definition) is 0. The largest absolute Gasteiger partial charge is 0.491 e. The molecule has 0 saturated carbocycles. The number of aromatic nitrogens is 2. The van der Waals surface area contributed by atoms with Crippen LogP contribution in [0.5, 0.6) is 5.75 Å². The predicted octanol–water partition coefficient (Wildman–Crippen LogP) is 4.08. The molecule has 37 heavy (non-hydrogen) atoms. The first kappa shape index (κ1) is 24.8. The number of hydrogen-bond acceptors (Lipinski definition) is 6. The maximum Gasteiger partial charge on any atom is 0.338 e. The SMILES string of the molecule is CCOC(=O)C1=C(C)N=c2s/c(=C\c3cn(C)c4ccccc34)c(=O)n2[C@H]1c1ccccc1OC(C)C. The average molecular weight is 516 g/mol. The fourth-order valence-corrected chi connectivity index (χ4v) is 5.82. The molecular weight excluding hydrogens is 486 g/mol. The number of aryl methyl sites for hydroxylation is 1. The van der Waals surface area contributed by atoms with Gasteiger partial charge in [0.25, 0.3) is 5.56 Å². The predicted molar refractivity (Wildman–Crippen MR) is 146 cm³/mol. The molecule has 0 saturated heterocycles. The van der Waals surface area contributed by atoms with Gasteiger partial charge in [-0.15, -0.1) is 0 Å². The van der Waals surface area contributed by atoms with E-state index in [-0.39, 0.29) is 18.3 Å². The Balaban J connectivity index is 1.77. The summed E-state index contributed by atoms with van der Waals surface area (Å²) in [4.78, 5) is 32.4. The molecule has 0 N–H and O–H groups in total. The third kappa shape index (κ3) is 4.42. The van der Waals surface area contributed by atoms with Gasteiger partial charge in [-0.1, -0.05) is 47.7 Å². The number of allylic oxidation sites excluding steroid dienone is 1. The number of thiazole rings is 1. The van der Waals surface area contributed by atoms with Crippen molar-refractivity contribution in [2.45, 2.75) is 39.8 Å². The van der Waals surface area contributed by atoms with Crippen molar-refractivity contribution in [3.8, 4) is 5.75 Å². The van der Waals surface area contributed by atoms with Crippen molar-refractivity contribution in [1.82, 2.24) is 9.13 Å². The summed E-state index contributed by atoms with van der Waals surface area (Å²) in [7, 11) is 1.99. The number of esters is 1. The molecule has 0 fully saturated rings. The zero-order valence-corrected chi connectivity index (χ0v) is 22.3. The lowest BCUT2D eigenvalue weighted by Crippen LogP contribution is -2.40. The lowest BCUT2D eigenvalue weighted by Gasteiger charge is -2.26. The second kappa shape index (κ2) is 9.86. The van der Waals surface area contributed by atoms with Crippen LogP contribution in [0.25, 0.3) is 17.0 Å². The highest BCUT2D eigenvalue weighted by Gasteiger charge is 2.35. The minimum atomic E-state index is -0.722. The zero-order chi connectivity index (χ0) is 26.3. The molecule has 0 unspecified atom stereocenters. The molecular formula is C29H29N3O4S. The lowest BCUT2D eigenvalue weighted by atomic mass is 9.95. The molecule has 8 heteroatoms. The molecule has 0 bridgehead atoms. The molecule has 2 aromatic heterocycles. The van der Waals surface area contributed by atoms with Crippen molar-refractivity contribution >= 4 is 34.3 Å². The maximum absolute atomic E-state index is 14.0. The summed E-state index contributed by atoms with van der Waals surface area (Å²) in [6.45, 7) is 7.66. The van der Waals surface area contributed by atoms with Crippen LogP contribution in [0, 0.1) is 0 Å². The summed E-state index contributed by atoms with van der Waals surface area (Å²) in [6, 6.07) is 14.9. The Morgan fingerprint density at radius 2 is 1.89 bits per heavy atom. The fourth-order valence-electron chi connectivity index (χ4n) is 4.78. The monoisotopic (exact) mass is 515 g/mol. The van der Waals surface area contributed by atoms with Gasteiger partial charge in [0.1, 0.15) is 11.8 Å². The van der Waals surface area contributed by atoms with Crippen LogP contribution in [0.3, 0.4) is 0 Å². The van der Waals surface area contributed by atoms with Crippen LogP contribution < -0.4 is 19.6 Å². The van der Waals surface area contributed by atoms with Gasteiger partial charge in [0.05, 0.1) is 28.5 Å². The summed E-state index contributed by atoms with van der Waals surface area (Å²) in [5, 5.41) is 1.06. The Labute approximate surface area is 218 Å². The third-order valence-corrected chi connectivity index (χ3v) is 7.29. The number of nitrogens with zero attached hydrogens (tertiary/aromatic N) is 3. The molecule has 190 valence electrons. The van der Waals surface area contributed by atoms with Crippen molar-refractivity contribution < 1.29 is 14.3 Å². The van der Waals surface area contributed by atoms with Crippen molar-refractivity contribution in [2.24, 2.45) is 12.0 Å². The minimum absolute atomic E-state index is 0.0838. The molecule has 1 aliphatic heterocycles. The van der Waals surface area contributed by atoms with E-state index < -0.39 is 12.0 Å². The number of fused-ring (bicyclic) bond motifs is 2. The number of carbonyl (C=O) groups excluding carboxylic acids is 1. The van der Waals surface area contributed by atoms with Gasteiger partial charge < -0.3 is 14.0 Å². The third-order valence-electron chi connectivity index (χ3n) is 6.31. The fraction of sp³-hybridized carbons (Fsp3) is 0.276. The van der Waals surface area contributed by atoms with Gasteiger partial charge in [-0.25, -0.2) is 9.79 Å². The summed E-state index contributed by atoms with van der Waals surface area (Å²) in [5.74, 6) is 0.124. The van der Waals surface area contributed by atoms with Gasteiger partial charge in [0, 0.05) is 35.3 Å². The van der Waals surface area contributed by atoms with Gasteiger partial charge in [-0.05, 0) is 45.9 Å². The summed E-state index contributed by atoms with van der Waals surface area (Å²) in [6.07, 6.45) is 3.84. The van der Waals surface area contributed by atoms with E-state index in [1.165, 1.54) is 11.3 Å². The van der Waals surface area contributed by atoms with Crippen molar-refractivity contribution in [3.63, 3.8) is 0 Å². The Kier molecular flexibility index (Phi) is 6.60. The quantitative estimate of drug-likeness (QED) is 0.363. The first-order valence-electron chi connectivity index (χ1n) is 12.3. The topological polar surface area (TPSA) is 74.8 Å². The van der Waals surface area contributed by atoms with Gasteiger partial charge in [-0.3, -0.25) is 9.36 Å². The summed E-state index contributed by atoms with van der Waals surface area (Å²) < 4.78 is 15.7. The average Bonchev–Trinajstić information content (AvgIpc) is 3.34. The van der Waals surface area contributed by atoms with Crippen LogP contribution in [-0.4, -0.2) is 27.8 Å². The summed E-state index contributed by atoms with van der Waals surface area (Å²) in [5.41, 5.74) is 3.40. The molecule has 4 aromatic rings. The number of rotatable bonds is 6. The highest BCUT2D eigenvalue weighted by molar-refractivity contribution is 7.07. The molecule has 3 heterocycles. The molecule has 0 spiro atoms. The second-order valence-electron chi connectivity index (χ2n) is 9.22. The Morgan fingerprint density at radius 3 is 2.65 bits per heavy atom. The number of benzene rings is 2. The number of para-hydroxylation sites is 2. The van der Waals surface area contributed by atoms with Crippen LogP contribution in [0.2, 0.25) is 0 Å². The van der Waals surface area contributed by atoms with Crippen LogP contribution in [0.15, 0.2) is 75.8 Å². The molecule has 5 rings (SSSR count). The van der Waals surface area contributed by atoms with Gasteiger partial charge in [0.15, 0.2) is 4.80 Å². The highest BCUT2D eigenvalue weighted by Crippen LogP contribution is 2.36. The Morgan fingerprint density at radius 1 is 1.16 bits per heavy atom. The van der Waals surface area contributed by atoms with Gasteiger partial charge in [0.2, 0.25) is 0 Å². The molecule has 7 nitrogen and oxygen atoms in total. The molecule has 0 radical (unpaired) electrons. The summed E-state index contributed by atoms with van der Waals surface area (Å²) >= 11 is 1.32. The highest BCUT2D eigenvalue weighted by atomic mass is 32.1. The van der Waals surface area contributed by atoms with Crippen molar-refractivity contribution in [3.05, 3.63) is 96.8 Å². The van der Waals surface area contributed by atoms with E-state index >= 15 is 0 Å². The molecule has 2 aromatic carbocycles. The lowest BCUT2D eigenvalue weighted by molar-refractivity contribution is -0.139. The van der Waals surface area contributed by atoms with Gasteiger partial charge >= 0.3 is 5.97 Å². The maximum atomic E-state index is 14.0. The van der Waals surface area contributed by atoms with Gasteiger partial charge in [-0.2, -0.15) is 0 Å². The normalized spacial score (nSPS) is 15.7. The van der Waals surface area contributed by atoms with Crippen LogP contribution in [-0.2, 0) is 16.6 Å². The van der Waals surface area contributed by atoms with Crippen molar-refractivity contribution in [1.29, 1.82) is 0 Å². The Bertz CT molecular complexity index is 1720. The Hall–Kier alpha value is -3.91. The van der Waals surface area contributed by atoms with E-state index in [9.17, 15) is 9.59 Å². The smallest absolute Gasteiger partial charge is 0.338 e.